The summed E-state index contributed by atoms with van der Waals surface area (Å²) < 4.78 is 5.17. The number of unbranched alkanes of at least 4 members (excludes halogenated alkanes) is 1. The van der Waals surface area contributed by atoms with E-state index in [1.54, 1.807) is 6.07 Å². The first-order chi connectivity index (χ1) is 9.44. The van der Waals surface area contributed by atoms with Crippen molar-refractivity contribution in [2.45, 2.75) is 39.5 Å². The monoisotopic (exact) mass is 274 g/mol. The molecule has 108 valence electrons. The number of nitrogens with two attached hydrogens (primary N) is 1. The minimum atomic E-state index is -0.303. The number of carbonyl (C=O) groups is 1. The molecule has 0 fully saturated rings. The van der Waals surface area contributed by atoms with Crippen molar-refractivity contribution in [3.8, 4) is 6.07 Å². The quantitative estimate of drug-likeness (QED) is 0.471. The van der Waals surface area contributed by atoms with Crippen LogP contribution in [0.4, 0.5) is 5.69 Å². The van der Waals surface area contributed by atoms with E-state index in [0.717, 1.165) is 24.8 Å². The predicted molar refractivity (Wildman–Crippen MR) is 78.8 cm³/mol. The fourth-order valence-corrected chi connectivity index (χ4v) is 1.81. The summed E-state index contributed by atoms with van der Waals surface area (Å²) in [5.74, 6) is -0.262. The van der Waals surface area contributed by atoms with Crippen molar-refractivity contribution < 1.29 is 9.53 Å². The summed E-state index contributed by atoms with van der Waals surface area (Å²) in [6, 6.07) is 9.54. The van der Waals surface area contributed by atoms with Crippen molar-refractivity contribution in [2.75, 3.05) is 12.3 Å². The van der Waals surface area contributed by atoms with E-state index in [1.165, 1.54) is 0 Å². The Kier molecular flexibility index (Phi) is 6.05. The molecule has 1 aromatic rings. The first-order valence-corrected chi connectivity index (χ1v) is 6.85. The highest BCUT2D eigenvalue weighted by Crippen LogP contribution is 2.21. The molecule has 0 aliphatic heterocycles. The van der Waals surface area contributed by atoms with Crippen LogP contribution in [0.5, 0.6) is 0 Å². The molecule has 0 saturated heterocycles. The molecule has 0 bridgehead atoms. The van der Waals surface area contributed by atoms with E-state index in [2.05, 4.69) is 6.07 Å². The van der Waals surface area contributed by atoms with Crippen LogP contribution < -0.4 is 5.73 Å². The molecular formula is C16H22N2O2. The van der Waals surface area contributed by atoms with Gasteiger partial charge in [-0.05, 0) is 44.7 Å². The highest BCUT2D eigenvalue weighted by atomic mass is 16.5. The number of anilines is 1. The van der Waals surface area contributed by atoms with Crippen LogP contribution in [0.3, 0.4) is 0 Å². The summed E-state index contributed by atoms with van der Waals surface area (Å²) in [5.41, 5.74) is 6.87. The van der Waals surface area contributed by atoms with Crippen LogP contribution >= 0.6 is 0 Å². The molecule has 2 N–H and O–H groups in total. The molecule has 0 spiro atoms. The van der Waals surface area contributed by atoms with Crippen LogP contribution in [0.15, 0.2) is 24.3 Å². The molecule has 0 amide bonds. The molecule has 1 aromatic carbocycles. The number of para-hydroxylation sites is 1. The normalized spacial score (nSPS) is 10.8. The Morgan fingerprint density at radius 3 is 2.70 bits per heavy atom. The van der Waals surface area contributed by atoms with Crippen molar-refractivity contribution in [1.82, 2.24) is 0 Å². The van der Waals surface area contributed by atoms with Crippen LogP contribution in [-0.2, 0) is 16.0 Å². The number of benzene rings is 1. The summed E-state index contributed by atoms with van der Waals surface area (Å²) in [4.78, 5) is 11.7. The molecule has 20 heavy (non-hydrogen) atoms. The Labute approximate surface area is 120 Å². The fourth-order valence-electron chi connectivity index (χ4n) is 1.81. The second kappa shape index (κ2) is 7.54. The number of carbonyl (C=O) groups excluding carboxylic acids is 1. The van der Waals surface area contributed by atoms with Crippen LogP contribution in [0.25, 0.3) is 0 Å². The predicted octanol–water partition coefficient (Wildman–Crippen LogP) is 3.07. The lowest BCUT2D eigenvalue weighted by molar-refractivity contribution is -0.142. The smallest absolute Gasteiger partial charge is 0.310 e. The van der Waals surface area contributed by atoms with Crippen LogP contribution in [-0.4, -0.2) is 12.6 Å². The molecule has 0 aromatic heterocycles. The number of esters is 1. The van der Waals surface area contributed by atoms with Gasteiger partial charge in [-0.3, -0.25) is 4.79 Å². The Morgan fingerprint density at radius 2 is 2.05 bits per heavy atom. The van der Waals surface area contributed by atoms with Crippen LogP contribution in [0.1, 0.15) is 38.7 Å². The van der Waals surface area contributed by atoms with E-state index in [4.69, 9.17) is 15.7 Å². The lowest BCUT2D eigenvalue weighted by Crippen LogP contribution is -2.11. The van der Waals surface area contributed by atoms with Gasteiger partial charge in [0.1, 0.15) is 0 Å². The van der Waals surface area contributed by atoms with Gasteiger partial charge in [0.2, 0.25) is 0 Å². The van der Waals surface area contributed by atoms with Gasteiger partial charge in [-0.25, -0.2) is 0 Å². The Morgan fingerprint density at radius 1 is 1.35 bits per heavy atom. The molecule has 0 atom stereocenters. The molecule has 0 unspecified atom stereocenters. The van der Waals surface area contributed by atoms with Crippen molar-refractivity contribution in [2.24, 2.45) is 5.41 Å². The summed E-state index contributed by atoms with van der Waals surface area (Å²) in [5, 5.41) is 8.88. The summed E-state index contributed by atoms with van der Waals surface area (Å²) in [6.07, 6.45) is 2.67. The van der Waals surface area contributed by atoms with Gasteiger partial charge in [-0.2, -0.15) is 5.26 Å². The first kappa shape index (κ1) is 16.0. The van der Waals surface area contributed by atoms with Crippen LogP contribution in [0, 0.1) is 16.7 Å². The summed E-state index contributed by atoms with van der Waals surface area (Å²) in [7, 11) is 0. The second-order valence-electron chi connectivity index (χ2n) is 5.55. The lowest BCUT2D eigenvalue weighted by Gasteiger charge is -2.14. The van der Waals surface area contributed by atoms with E-state index in [0.29, 0.717) is 12.3 Å². The van der Waals surface area contributed by atoms with Gasteiger partial charge in [-0.1, -0.05) is 18.2 Å². The van der Waals surface area contributed by atoms with Gasteiger partial charge >= 0.3 is 5.97 Å². The average molecular weight is 274 g/mol. The van der Waals surface area contributed by atoms with Crippen molar-refractivity contribution in [3.05, 3.63) is 29.8 Å². The summed E-state index contributed by atoms with van der Waals surface area (Å²) >= 11 is 0. The third-order valence-corrected chi connectivity index (χ3v) is 3.15. The SMILES string of the molecule is CC(C)(C#N)CCCCOC(=O)Cc1ccccc1N. The number of nitrogens with zero attached hydrogens (tertiary/aromatic N) is 1. The molecule has 1 rings (SSSR count). The molecule has 4 heteroatoms. The zero-order valence-corrected chi connectivity index (χ0v) is 12.2. The average Bonchev–Trinajstić information content (AvgIpc) is 2.41. The molecule has 0 radical (unpaired) electrons. The van der Waals surface area contributed by atoms with Crippen molar-refractivity contribution in [3.63, 3.8) is 0 Å². The first-order valence-electron chi connectivity index (χ1n) is 6.85. The lowest BCUT2D eigenvalue weighted by atomic mass is 9.89. The molecule has 0 aliphatic carbocycles. The molecule has 0 saturated carbocycles. The number of hydrogen-bond acceptors (Lipinski definition) is 4. The zero-order chi connectivity index (χ0) is 15.0. The Hall–Kier alpha value is -2.02. The van der Waals surface area contributed by atoms with Gasteiger partial charge in [0.05, 0.1) is 24.5 Å². The summed E-state index contributed by atoms with van der Waals surface area (Å²) in [6.45, 7) is 4.22. The maximum Gasteiger partial charge on any atom is 0.310 e. The minimum Gasteiger partial charge on any atom is -0.465 e. The van der Waals surface area contributed by atoms with Gasteiger partial charge in [0.25, 0.3) is 0 Å². The van der Waals surface area contributed by atoms with E-state index in [-0.39, 0.29) is 17.8 Å². The topological polar surface area (TPSA) is 76.1 Å². The van der Waals surface area contributed by atoms with Crippen molar-refractivity contribution in [1.29, 1.82) is 5.26 Å². The maximum atomic E-state index is 11.7. The number of nitriles is 1. The van der Waals surface area contributed by atoms with Gasteiger partial charge in [-0.15, -0.1) is 0 Å². The number of nitrogen functional groups attached to an aromatic ring is 1. The van der Waals surface area contributed by atoms with E-state index in [1.807, 2.05) is 32.0 Å². The standard InChI is InChI=1S/C16H22N2O2/c1-16(2,12-17)9-5-6-10-20-15(19)11-13-7-3-4-8-14(13)18/h3-4,7-8H,5-6,9-11,18H2,1-2H3. The Bertz CT molecular complexity index is 489. The Balaban J connectivity index is 2.22. The van der Waals surface area contributed by atoms with Gasteiger partial charge in [0, 0.05) is 5.69 Å². The highest BCUT2D eigenvalue weighted by molar-refractivity contribution is 5.74. The maximum absolute atomic E-state index is 11.7. The number of rotatable bonds is 7. The molecular weight excluding hydrogens is 252 g/mol. The highest BCUT2D eigenvalue weighted by Gasteiger charge is 2.15. The third-order valence-electron chi connectivity index (χ3n) is 3.15. The van der Waals surface area contributed by atoms with Gasteiger partial charge < -0.3 is 10.5 Å². The zero-order valence-electron chi connectivity index (χ0n) is 12.2. The number of hydrogen-bond donors (Lipinski definition) is 1. The largest absolute Gasteiger partial charge is 0.465 e. The van der Waals surface area contributed by atoms with Crippen molar-refractivity contribution >= 4 is 11.7 Å². The number of ether oxygens (including phenoxy) is 1. The van der Waals surface area contributed by atoms with E-state index >= 15 is 0 Å². The fraction of sp³-hybridized carbons (Fsp3) is 0.500. The second-order valence-corrected chi connectivity index (χ2v) is 5.55. The van der Waals surface area contributed by atoms with E-state index in [9.17, 15) is 4.79 Å². The minimum absolute atomic E-state index is 0.205. The van der Waals surface area contributed by atoms with E-state index < -0.39 is 0 Å². The molecule has 0 heterocycles. The van der Waals surface area contributed by atoms with Gasteiger partial charge in [0.15, 0.2) is 0 Å². The molecule has 0 aliphatic rings. The van der Waals surface area contributed by atoms with Crippen LogP contribution in [0.2, 0.25) is 0 Å². The molecule has 4 nitrogen and oxygen atoms in total. The third kappa shape index (κ3) is 5.75.